The van der Waals surface area contributed by atoms with Gasteiger partial charge in [-0.3, -0.25) is 0 Å². The Bertz CT molecular complexity index is 389. The third-order valence-corrected chi connectivity index (χ3v) is 5.08. The summed E-state index contributed by atoms with van der Waals surface area (Å²) in [5, 5.41) is 3.89. The minimum absolute atomic E-state index is 0.567. The lowest BCUT2D eigenvalue weighted by Gasteiger charge is -2.23. The second-order valence-electron chi connectivity index (χ2n) is 6.62. The molecule has 1 aromatic carbocycles. The van der Waals surface area contributed by atoms with Crippen LogP contribution < -0.4 is 5.32 Å². The fourth-order valence-corrected chi connectivity index (χ4v) is 3.39. The van der Waals surface area contributed by atoms with Gasteiger partial charge in [0.2, 0.25) is 0 Å². The molecule has 0 saturated heterocycles. The number of benzene rings is 1. The minimum atomic E-state index is 0.567. The van der Waals surface area contributed by atoms with E-state index in [1.807, 2.05) is 0 Å². The first-order valence-electron chi connectivity index (χ1n) is 8.12. The van der Waals surface area contributed by atoms with E-state index < -0.39 is 0 Å². The normalized spacial score (nSPS) is 22.2. The van der Waals surface area contributed by atoms with Crippen molar-refractivity contribution in [2.45, 2.75) is 57.9 Å². The second-order valence-corrected chi connectivity index (χ2v) is 6.62. The molecule has 0 radical (unpaired) electrons. The molecule has 0 aliphatic heterocycles. The average Bonchev–Trinajstić information content (AvgIpc) is 3.32. The largest absolute Gasteiger partial charge is 0.309 e. The molecule has 1 nitrogen and oxygen atoms in total. The number of unbranched alkanes of at least 4 members (excludes halogenated alkanes) is 1. The molecular weight excluding hydrogens is 230 g/mol. The van der Waals surface area contributed by atoms with Crippen LogP contribution >= 0.6 is 0 Å². The van der Waals surface area contributed by atoms with E-state index in [9.17, 15) is 0 Å². The van der Waals surface area contributed by atoms with Crippen LogP contribution in [0, 0.1) is 11.3 Å². The van der Waals surface area contributed by atoms with Gasteiger partial charge < -0.3 is 5.32 Å². The lowest BCUT2D eigenvalue weighted by molar-refractivity contribution is 0.362. The zero-order valence-electron chi connectivity index (χ0n) is 12.2. The van der Waals surface area contributed by atoms with Crippen LogP contribution in [0.3, 0.4) is 0 Å². The molecule has 0 heterocycles. The van der Waals surface area contributed by atoms with Crippen LogP contribution in [-0.2, 0) is 0 Å². The van der Waals surface area contributed by atoms with Crippen LogP contribution in [-0.4, -0.2) is 6.54 Å². The number of hydrogen-bond acceptors (Lipinski definition) is 1. The first-order valence-corrected chi connectivity index (χ1v) is 8.12. The van der Waals surface area contributed by atoms with Crippen LogP contribution in [0.4, 0.5) is 0 Å². The SMILES string of the molecule is CCCCC(NCC1(C2CC2)CC1)c1ccccc1. The van der Waals surface area contributed by atoms with E-state index >= 15 is 0 Å². The summed E-state index contributed by atoms with van der Waals surface area (Å²) in [5.41, 5.74) is 2.18. The van der Waals surface area contributed by atoms with E-state index in [1.165, 1.54) is 57.1 Å². The van der Waals surface area contributed by atoms with Crippen molar-refractivity contribution in [2.24, 2.45) is 11.3 Å². The molecule has 2 fully saturated rings. The molecule has 0 spiro atoms. The molecule has 2 aliphatic carbocycles. The second kappa shape index (κ2) is 5.66. The van der Waals surface area contributed by atoms with E-state index in [1.54, 1.807) is 0 Å². The van der Waals surface area contributed by atoms with Crippen LogP contribution in [0.2, 0.25) is 0 Å². The van der Waals surface area contributed by atoms with Gasteiger partial charge in [0.1, 0.15) is 0 Å². The van der Waals surface area contributed by atoms with Crippen molar-refractivity contribution in [2.75, 3.05) is 6.54 Å². The third kappa shape index (κ3) is 3.20. The Morgan fingerprint density at radius 1 is 1.21 bits per heavy atom. The third-order valence-electron chi connectivity index (χ3n) is 5.08. The van der Waals surface area contributed by atoms with Gasteiger partial charge in [0.25, 0.3) is 0 Å². The molecule has 1 N–H and O–H groups in total. The van der Waals surface area contributed by atoms with E-state index in [0.717, 1.165) is 5.92 Å². The summed E-state index contributed by atoms with van der Waals surface area (Å²) in [5.74, 6) is 1.06. The predicted molar refractivity (Wildman–Crippen MR) is 81.1 cm³/mol. The molecule has 19 heavy (non-hydrogen) atoms. The highest BCUT2D eigenvalue weighted by Gasteiger charge is 2.53. The van der Waals surface area contributed by atoms with E-state index in [4.69, 9.17) is 0 Å². The molecule has 1 unspecified atom stereocenters. The maximum absolute atomic E-state index is 3.89. The van der Waals surface area contributed by atoms with Crippen LogP contribution in [0.1, 0.15) is 63.5 Å². The highest BCUT2D eigenvalue weighted by Crippen LogP contribution is 2.61. The van der Waals surface area contributed by atoms with Crippen molar-refractivity contribution >= 4 is 0 Å². The summed E-state index contributed by atoms with van der Waals surface area (Å²) < 4.78 is 0. The van der Waals surface area contributed by atoms with Crippen molar-refractivity contribution < 1.29 is 0 Å². The standard InChI is InChI=1S/C18H27N/c1-2-3-9-17(15-7-5-4-6-8-15)19-14-18(12-13-18)16-10-11-16/h4-8,16-17,19H,2-3,9-14H2,1H3. The van der Waals surface area contributed by atoms with Gasteiger partial charge in [-0.1, -0.05) is 50.1 Å². The zero-order chi connectivity index (χ0) is 13.1. The number of rotatable bonds is 8. The van der Waals surface area contributed by atoms with Gasteiger partial charge in [-0.05, 0) is 49.0 Å². The molecule has 0 amide bonds. The highest BCUT2D eigenvalue weighted by atomic mass is 14.9. The van der Waals surface area contributed by atoms with Crippen molar-refractivity contribution in [3.8, 4) is 0 Å². The molecule has 0 aromatic heterocycles. The fraction of sp³-hybridized carbons (Fsp3) is 0.667. The van der Waals surface area contributed by atoms with Crippen LogP contribution in [0.15, 0.2) is 30.3 Å². The molecule has 1 atom stereocenters. The molecule has 2 aliphatic rings. The molecule has 1 heteroatoms. The van der Waals surface area contributed by atoms with Crippen molar-refractivity contribution in [1.29, 1.82) is 0 Å². The van der Waals surface area contributed by atoms with Crippen molar-refractivity contribution in [3.63, 3.8) is 0 Å². The summed E-state index contributed by atoms with van der Waals surface area (Å²) in [4.78, 5) is 0. The molecular formula is C18H27N. The lowest BCUT2D eigenvalue weighted by Crippen LogP contribution is -2.29. The number of nitrogens with one attached hydrogen (secondary N) is 1. The smallest absolute Gasteiger partial charge is 0.0320 e. The Morgan fingerprint density at radius 3 is 2.53 bits per heavy atom. The van der Waals surface area contributed by atoms with Gasteiger partial charge in [0.05, 0.1) is 0 Å². The Labute approximate surface area is 117 Å². The molecule has 1 aromatic rings. The van der Waals surface area contributed by atoms with Gasteiger partial charge in [-0.25, -0.2) is 0 Å². The molecule has 104 valence electrons. The fourth-order valence-electron chi connectivity index (χ4n) is 3.39. The Morgan fingerprint density at radius 2 is 1.95 bits per heavy atom. The maximum Gasteiger partial charge on any atom is 0.0320 e. The van der Waals surface area contributed by atoms with Gasteiger partial charge in [0.15, 0.2) is 0 Å². The van der Waals surface area contributed by atoms with E-state index in [-0.39, 0.29) is 0 Å². The maximum atomic E-state index is 3.89. The van der Waals surface area contributed by atoms with Crippen molar-refractivity contribution in [3.05, 3.63) is 35.9 Å². The average molecular weight is 257 g/mol. The summed E-state index contributed by atoms with van der Waals surface area (Å²) in [7, 11) is 0. The Hall–Kier alpha value is -0.820. The predicted octanol–water partition coefficient (Wildman–Crippen LogP) is 4.70. The Kier molecular flexibility index (Phi) is 3.93. The van der Waals surface area contributed by atoms with Crippen LogP contribution in [0.25, 0.3) is 0 Å². The zero-order valence-corrected chi connectivity index (χ0v) is 12.2. The van der Waals surface area contributed by atoms with Gasteiger partial charge in [-0.2, -0.15) is 0 Å². The molecule has 0 bridgehead atoms. The minimum Gasteiger partial charge on any atom is -0.309 e. The van der Waals surface area contributed by atoms with E-state index in [0.29, 0.717) is 11.5 Å². The molecule has 2 saturated carbocycles. The molecule has 3 rings (SSSR count). The lowest BCUT2D eigenvalue weighted by atomic mass is 9.97. The number of hydrogen-bond donors (Lipinski definition) is 1. The first-order chi connectivity index (χ1) is 9.34. The van der Waals surface area contributed by atoms with Crippen LogP contribution in [0.5, 0.6) is 0 Å². The van der Waals surface area contributed by atoms with Gasteiger partial charge >= 0.3 is 0 Å². The highest BCUT2D eigenvalue weighted by molar-refractivity contribution is 5.19. The monoisotopic (exact) mass is 257 g/mol. The first kappa shape index (κ1) is 13.2. The summed E-state index contributed by atoms with van der Waals surface area (Å²) in [6.07, 6.45) is 9.82. The van der Waals surface area contributed by atoms with Gasteiger partial charge in [0, 0.05) is 12.6 Å². The Balaban J connectivity index is 1.59. The van der Waals surface area contributed by atoms with E-state index in [2.05, 4.69) is 42.6 Å². The summed E-state index contributed by atoms with van der Waals surface area (Å²) in [6.45, 7) is 3.54. The van der Waals surface area contributed by atoms with Gasteiger partial charge in [-0.15, -0.1) is 0 Å². The summed E-state index contributed by atoms with van der Waals surface area (Å²) in [6, 6.07) is 11.6. The topological polar surface area (TPSA) is 12.0 Å². The quantitative estimate of drug-likeness (QED) is 0.712. The summed E-state index contributed by atoms with van der Waals surface area (Å²) >= 11 is 0. The van der Waals surface area contributed by atoms with Crippen molar-refractivity contribution in [1.82, 2.24) is 5.32 Å².